The van der Waals surface area contributed by atoms with Crippen molar-refractivity contribution in [3.8, 4) is 0 Å². The molecule has 0 aliphatic carbocycles. The summed E-state index contributed by atoms with van der Waals surface area (Å²) in [5.74, 6) is -0.631. The lowest BCUT2D eigenvalue weighted by Crippen LogP contribution is -2.26. The molecule has 138 valence electrons. The van der Waals surface area contributed by atoms with Gasteiger partial charge in [-0.25, -0.2) is 10.2 Å². The molecule has 2 aromatic rings. The Morgan fingerprint density at radius 1 is 1.19 bits per heavy atom. The highest BCUT2D eigenvalue weighted by Gasteiger charge is 2.20. The lowest BCUT2D eigenvalue weighted by atomic mass is 10.1. The molecule has 0 saturated heterocycles. The van der Waals surface area contributed by atoms with Crippen LogP contribution in [0.15, 0.2) is 35.4 Å². The first-order chi connectivity index (χ1) is 12.4. The number of carbonyl (C=O) groups is 2. The first-order valence-corrected chi connectivity index (χ1v) is 8.42. The van der Waals surface area contributed by atoms with Crippen LogP contribution in [0.5, 0.6) is 0 Å². The molecule has 0 atom stereocenters. The maximum Gasteiger partial charge on any atom is 0.340 e. The number of benzene rings is 1. The Balaban J connectivity index is 2.02. The number of aromatic amines is 1. The third kappa shape index (κ3) is 4.72. The third-order valence-corrected chi connectivity index (χ3v) is 3.85. The number of ether oxygens (including phenoxy) is 1. The summed E-state index contributed by atoms with van der Waals surface area (Å²) in [5.41, 5.74) is 6.61. The van der Waals surface area contributed by atoms with E-state index in [1.165, 1.54) is 0 Å². The Kier molecular flexibility index (Phi) is 6.54. The molecule has 1 aromatic heterocycles. The largest absolute Gasteiger partial charge is 0.462 e. The van der Waals surface area contributed by atoms with E-state index in [4.69, 9.17) is 4.74 Å². The molecule has 0 bridgehead atoms. The number of anilines is 1. The van der Waals surface area contributed by atoms with E-state index in [0.29, 0.717) is 29.3 Å². The SMILES string of the molecule is CCOC(=O)c1c(C)[nH]c(C(C)=NNC(=O)CNc2ccccc2)c1C. The van der Waals surface area contributed by atoms with E-state index in [1.807, 2.05) is 37.3 Å². The van der Waals surface area contributed by atoms with Gasteiger partial charge in [-0.2, -0.15) is 5.10 Å². The zero-order valence-electron chi connectivity index (χ0n) is 15.5. The highest BCUT2D eigenvalue weighted by Crippen LogP contribution is 2.19. The summed E-state index contributed by atoms with van der Waals surface area (Å²) in [6.07, 6.45) is 0. The molecule has 26 heavy (non-hydrogen) atoms. The van der Waals surface area contributed by atoms with E-state index in [1.54, 1.807) is 20.8 Å². The minimum Gasteiger partial charge on any atom is -0.462 e. The van der Waals surface area contributed by atoms with Gasteiger partial charge in [-0.15, -0.1) is 0 Å². The number of hydrazone groups is 1. The van der Waals surface area contributed by atoms with Gasteiger partial charge in [0, 0.05) is 11.4 Å². The second-order valence-corrected chi connectivity index (χ2v) is 5.80. The molecule has 0 aliphatic heterocycles. The summed E-state index contributed by atoms with van der Waals surface area (Å²) in [4.78, 5) is 27.1. The Morgan fingerprint density at radius 2 is 1.88 bits per heavy atom. The fourth-order valence-electron chi connectivity index (χ4n) is 2.60. The molecule has 0 radical (unpaired) electrons. The highest BCUT2D eigenvalue weighted by molar-refractivity contribution is 6.03. The van der Waals surface area contributed by atoms with Gasteiger partial charge in [0.1, 0.15) is 0 Å². The van der Waals surface area contributed by atoms with Gasteiger partial charge < -0.3 is 15.0 Å². The van der Waals surface area contributed by atoms with Crippen LogP contribution in [0.1, 0.15) is 41.2 Å². The van der Waals surface area contributed by atoms with Gasteiger partial charge in [-0.1, -0.05) is 18.2 Å². The van der Waals surface area contributed by atoms with Gasteiger partial charge in [0.05, 0.1) is 30.1 Å². The Labute approximate surface area is 152 Å². The quantitative estimate of drug-likeness (QED) is 0.404. The average Bonchev–Trinajstić information content (AvgIpc) is 2.93. The number of para-hydroxylation sites is 1. The third-order valence-electron chi connectivity index (χ3n) is 3.85. The Morgan fingerprint density at radius 3 is 2.54 bits per heavy atom. The second-order valence-electron chi connectivity index (χ2n) is 5.80. The summed E-state index contributed by atoms with van der Waals surface area (Å²) >= 11 is 0. The van der Waals surface area contributed by atoms with Crippen molar-refractivity contribution in [2.24, 2.45) is 5.10 Å². The molecule has 0 spiro atoms. The average molecular weight is 356 g/mol. The van der Waals surface area contributed by atoms with Crippen LogP contribution in [0.3, 0.4) is 0 Å². The van der Waals surface area contributed by atoms with Crippen molar-refractivity contribution in [2.45, 2.75) is 27.7 Å². The summed E-state index contributed by atoms with van der Waals surface area (Å²) in [6, 6.07) is 9.44. The Bertz CT molecular complexity index is 810. The maximum atomic E-state index is 12.0. The molecule has 7 nitrogen and oxygen atoms in total. The Hall–Kier alpha value is -3.09. The minimum atomic E-state index is -0.367. The molecule has 1 amide bonds. The van der Waals surface area contributed by atoms with E-state index >= 15 is 0 Å². The van der Waals surface area contributed by atoms with Crippen molar-refractivity contribution in [1.82, 2.24) is 10.4 Å². The van der Waals surface area contributed by atoms with Crippen LogP contribution >= 0.6 is 0 Å². The molecule has 7 heteroatoms. The number of nitrogens with one attached hydrogen (secondary N) is 3. The van der Waals surface area contributed by atoms with Crippen LogP contribution in [-0.4, -0.2) is 35.7 Å². The van der Waals surface area contributed by atoms with Crippen molar-refractivity contribution in [3.05, 3.63) is 52.8 Å². The minimum absolute atomic E-state index is 0.109. The van der Waals surface area contributed by atoms with Crippen LogP contribution in [0.2, 0.25) is 0 Å². The van der Waals surface area contributed by atoms with Crippen LogP contribution in [0.25, 0.3) is 0 Å². The number of H-pyrrole nitrogens is 1. The molecule has 0 unspecified atom stereocenters. The summed E-state index contributed by atoms with van der Waals surface area (Å²) in [5, 5.41) is 7.13. The van der Waals surface area contributed by atoms with E-state index in [-0.39, 0.29) is 18.4 Å². The normalized spacial score (nSPS) is 11.2. The van der Waals surface area contributed by atoms with Crippen molar-refractivity contribution in [3.63, 3.8) is 0 Å². The number of esters is 1. The molecular weight excluding hydrogens is 332 g/mol. The van der Waals surface area contributed by atoms with Crippen LogP contribution in [-0.2, 0) is 9.53 Å². The summed E-state index contributed by atoms with van der Waals surface area (Å²) in [7, 11) is 0. The van der Waals surface area contributed by atoms with Crippen molar-refractivity contribution < 1.29 is 14.3 Å². The van der Waals surface area contributed by atoms with E-state index in [0.717, 1.165) is 11.3 Å². The van der Waals surface area contributed by atoms with E-state index in [2.05, 4.69) is 20.8 Å². The fraction of sp³-hybridized carbons (Fsp3) is 0.316. The summed E-state index contributed by atoms with van der Waals surface area (Å²) < 4.78 is 5.08. The number of nitrogens with zero attached hydrogens (tertiary/aromatic N) is 1. The highest BCUT2D eigenvalue weighted by atomic mass is 16.5. The predicted octanol–water partition coefficient (Wildman–Crippen LogP) is 2.76. The number of amides is 1. The van der Waals surface area contributed by atoms with Crippen molar-refractivity contribution in [2.75, 3.05) is 18.5 Å². The second kappa shape index (κ2) is 8.84. The predicted molar refractivity (Wildman–Crippen MR) is 102 cm³/mol. The van der Waals surface area contributed by atoms with Crippen molar-refractivity contribution >= 4 is 23.3 Å². The van der Waals surface area contributed by atoms with Crippen LogP contribution in [0.4, 0.5) is 5.69 Å². The lowest BCUT2D eigenvalue weighted by molar-refractivity contribution is -0.119. The smallest absolute Gasteiger partial charge is 0.340 e. The van der Waals surface area contributed by atoms with Gasteiger partial charge in [0.25, 0.3) is 5.91 Å². The number of aromatic nitrogens is 1. The van der Waals surface area contributed by atoms with Crippen LogP contribution < -0.4 is 10.7 Å². The van der Waals surface area contributed by atoms with Gasteiger partial charge in [-0.3, -0.25) is 4.79 Å². The zero-order valence-corrected chi connectivity index (χ0v) is 15.5. The van der Waals surface area contributed by atoms with Gasteiger partial charge in [0.2, 0.25) is 0 Å². The molecule has 0 saturated carbocycles. The van der Waals surface area contributed by atoms with Gasteiger partial charge in [0.15, 0.2) is 0 Å². The first kappa shape index (κ1) is 19.2. The molecular formula is C19H24N4O3. The number of carbonyl (C=O) groups excluding carboxylic acids is 2. The number of hydrogen-bond acceptors (Lipinski definition) is 5. The first-order valence-electron chi connectivity index (χ1n) is 8.42. The molecule has 1 aromatic carbocycles. The zero-order chi connectivity index (χ0) is 19.1. The van der Waals surface area contributed by atoms with Crippen molar-refractivity contribution in [1.29, 1.82) is 0 Å². The molecule has 0 aliphatic rings. The molecule has 3 N–H and O–H groups in total. The van der Waals surface area contributed by atoms with E-state index < -0.39 is 0 Å². The molecule has 1 heterocycles. The molecule has 0 fully saturated rings. The topological polar surface area (TPSA) is 95.6 Å². The molecule has 2 rings (SSSR count). The number of hydrogen-bond donors (Lipinski definition) is 3. The fourth-order valence-corrected chi connectivity index (χ4v) is 2.60. The monoisotopic (exact) mass is 356 g/mol. The lowest BCUT2D eigenvalue weighted by Gasteiger charge is -2.06. The number of rotatable bonds is 7. The number of aryl methyl sites for hydroxylation is 1. The maximum absolute atomic E-state index is 12.0. The summed E-state index contributed by atoms with van der Waals surface area (Å²) in [6.45, 7) is 7.58. The van der Waals surface area contributed by atoms with E-state index in [9.17, 15) is 9.59 Å². The standard InChI is InChI=1S/C19H24N4O3/c1-5-26-19(25)17-12(2)18(21-13(17)3)14(4)22-23-16(24)11-20-15-9-7-6-8-10-15/h6-10,20-21H,5,11H2,1-4H3,(H,23,24). The van der Waals surface area contributed by atoms with Crippen LogP contribution in [0, 0.1) is 13.8 Å². The van der Waals surface area contributed by atoms with Gasteiger partial charge in [-0.05, 0) is 45.4 Å². The van der Waals surface area contributed by atoms with Gasteiger partial charge >= 0.3 is 5.97 Å².